The number of benzene rings is 1. The molecule has 0 nitrogen and oxygen atoms in total. The van der Waals surface area contributed by atoms with Crippen molar-refractivity contribution in [1.82, 2.24) is 0 Å². The van der Waals surface area contributed by atoms with Gasteiger partial charge in [0.05, 0.1) is 0 Å². The third-order valence-electron chi connectivity index (χ3n) is 6.15. The summed E-state index contributed by atoms with van der Waals surface area (Å²) in [4.78, 5) is 0. The van der Waals surface area contributed by atoms with Crippen molar-refractivity contribution < 1.29 is 0 Å². The van der Waals surface area contributed by atoms with E-state index in [2.05, 4.69) is 45.0 Å². The van der Waals surface area contributed by atoms with Gasteiger partial charge in [0.25, 0.3) is 0 Å². The lowest BCUT2D eigenvalue weighted by atomic mass is 9.63. The first kappa shape index (κ1) is 12.7. The molecule has 1 fully saturated rings. The van der Waals surface area contributed by atoms with Gasteiger partial charge in [0.15, 0.2) is 0 Å². The van der Waals surface area contributed by atoms with Crippen LogP contribution in [-0.2, 0) is 18.3 Å². The molecule has 3 aliphatic carbocycles. The van der Waals surface area contributed by atoms with Crippen LogP contribution in [0.25, 0.3) is 0 Å². The van der Waals surface area contributed by atoms with E-state index < -0.39 is 0 Å². The van der Waals surface area contributed by atoms with Gasteiger partial charge in [0.2, 0.25) is 0 Å². The van der Waals surface area contributed by atoms with E-state index in [1.165, 1.54) is 44.1 Å². The SMILES string of the molecule is CC(C)(C)c1ccc2c(c1)CCC1(CC3=CCC1C3)C2. The Labute approximate surface area is 123 Å². The lowest BCUT2D eigenvalue weighted by molar-refractivity contribution is 0.168. The zero-order valence-corrected chi connectivity index (χ0v) is 13.1. The zero-order chi connectivity index (χ0) is 14.0. The third kappa shape index (κ3) is 1.80. The molecule has 1 aromatic carbocycles. The number of hydrogen-bond donors (Lipinski definition) is 0. The first-order valence-electron chi connectivity index (χ1n) is 8.27. The highest BCUT2D eigenvalue weighted by atomic mass is 14.5. The fraction of sp³-hybridized carbons (Fsp3) is 0.600. The summed E-state index contributed by atoms with van der Waals surface area (Å²) in [6.07, 6.45) is 10.8. The minimum atomic E-state index is 0.279. The second kappa shape index (κ2) is 4.00. The summed E-state index contributed by atoms with van der Waals surface area (Å²) in [6.45, 7) is 6.96. The highest BCUT2D eigenvalue weighted by Crippen LogP contribution is 2.58. The molecule has 1 saturated carbocycles. The van der Waals surface area contributed by atoms with Gasteiger partial charge in [0, 0.05) is 0 Å². The summed E-state index contributed by atoms with van der Waals surface area (Å²) < 4.78 is 0. The Kier molecular flexibility index (Phi) is 2.53. The van der Waals surface area contributed by atoms with Crippen LogP contribution in [0.2, 0.25) is 0 Å². The predicted octanol–water partition coefficient (Wildman–Crippen LogP) is 5.20. The van der Waals surface area contributed by atoms with E-state index in [4.69, 9.17) is 0 Å². The van der Waals surface area contributed by atoms with Crippen LogP contribution < -0.4 is 0 Å². The van der Waals surface area contributed by atoms with Crippen molar-refractivity contribution in [3.05, 3.63) is 46.5 Å². The normalized spacial score (nSPS) is 31.6. The molecule has 0 amide bonds. The summed E-state index contributed by atoms with van der Waals surface area (Å²) in [5.41, 5.74) is 7.48. The minimum Gasteiger partial charge on any atom is -0.0850 e. The van der Waals surface area contributed by atoms with Crippen LogP contribution in [0.3, 0.4) is 0 Å². The van der Waals surface area contributed by atoms with Crippen LogP contribution in [-0.4, -0.2) is 0 Å². The maximum absolute atomic E-state index is 2.52. The molecule has 0 radical (unpaired) electrons. The molecule has 4 rings (SSSR count). The molecule has 2 unspecified atom stereocenters. The van der Waals surface area contributed by atoms with Gasteiger partial charge in [-0.2, -0.15) is 0 Å². The Hall–Kier alpha value is -1.04. The molecule has 106 valence electrons. The Morgan fingerprint density at radius 1 is 1.10 bits per heavy atom. The van der Waals surface area contributed by atoms with Gasteiger partial charge in [0.1, 0.15) is 0 Å². The van der Waals surface area contributed by atoms with Crippen LogP contribution >= 0.6 is 0 Å². The molecule has 1 spiro atoms. The maximum Gasteiger partial charge on any atom is -0.0132 e. The van der Waals surface area contributed by atoms with Gasteiger partial charge in [-0.25, -0.2) is 0 Å². The summed E-state index contributed by atoms with van der Waals surface area (Å²) in [5, 5.41) is 0. The zero-order valence-electron chi connectivity index (χ0n) is 13.1. The molecular weight excluding hydrogens is 240 g/mol. The van der Waals surface area contributed by atoms with E-state index in [-0.39, 0.29) is 5.41 Å². The lowest BCUT2D eigenvalue weighted by Crippen LogP contribution is -2.33. The summed E-state index contributed by atoms with van der Waals surface area (Å²) in [7, 11) is 0. The topological polar surface area (TPSA) is 0 Å². The van der Waals surface area contributed by atoms with Gasteiger partial charge in [-0.05, 0) is 72.0 Å². The molecule has 20 heavy (non-hydrogen) atoms. The highest BCUT2D eigenvalue weighted by Gasteiger charge is 2.48. The Morgan fingerprint density at radius 3 is 2.60 bits per heavy atom. The van der Waals surface area contributed by atoms with E-state index >= 15 is 0 Å². The fourth-order valence-corrected chi connectivity index (χ4v) is 4.85. The van der Waals surface area contributed by atoms with Crippen molar-refractivity contribution in [1.29, 1.82) is 0 Å². The third-order valence-corrected chi connectivity index (χ3v) is 6.15. The molecule has 0 saturated heterocycles. The standard InChI is InChI=1S/C20H26/c1-19(2,3)17-7-5-16-13-20(9-8-15(16)11-17)12-14-4-6-18(20)10-14/h4-5,7,11,18H,6,8-10,12-13H2,1-3H3. The fourth-order valence-electron chi connectivity index (χ4n) is 4.85. The highest BCUT2D eigenvalue weighted by molar-refractivity contribution is 5.39. The van der Waals surface area contributed by atoms with Crippen molar-refractivity contribution in [3.63, 3.8) is 0 Å². The van der Waals surface area contributed by atoms with Crippen LogP contribution in [0.5, 0.6) is 0 Å². The molecule has 0 heteroatoms. The number of hydrogen-bond acceptors (Lipinski definition) is 0. The van der Waals surface area contributed by atoms with Crippen LogP contribution in [0, 0.1) is 11.3 Å². The Morgan fingerprint density at radius 2 is 1.95 bits per heavy atom. The van der Waals surface area contributed by atoms with Crippen molar-refractivity contribution in [2.45, 2.75) is 64.7 Å². The number of aryl methyl sites for hydroxylation is 1. The molecule has 0 aliphatic heterocycles. The van der Waals surface area contributed by atoms with E-state index in [1.54, 1.807) is 16.7 Å². The number of allylic oxidation sites excluding steroid dienone is 2. The van der Waals surface area contributed by atoms with Gasteiger partial charge in [-0.1, -0.05) is 50.6 Å². The molecule has 2 bridgehead atoms. The molecule has 3 aliphatic rings. The van der Waals surface area contributed by atoms with Gasteiger partial charge >= 0.3 is 0 Å². The average Bonchev–Trinajstić information content (AvgIpc) is 2.97. The summed E-state index contributed by atoms with van der Waals surface area (Å²) >= 11 is 0. The van der Waals surface area contributed by atoms with E-state index in [0.717, 1.165) is 5.92 Å². The number of rotatable bonds is 0. The molecule has 2 atom stereocenters. The van der Waals surface area contributed by atoms with Gasteiger partial charge in [-0.15, -0.1) is 0 Å². The number of fused-ring (bicyclic) bond motifs is 4. The van der Waals surface area contributed by atoms with E-state index in [1.807, 2.05) is 0 Å². The first-order valence-corrected chi connectivity index (χ1v) is 8.27. The van der Waals surface area contributed by atoms with Crippen molar-refractivity contribution >= 4 is 0 Å². The van der Waals surface area contributed by atoms with Gasteiger partial charge < -0.3 is 0 Å². The smallest absolute Gasteiger partial charge is 0.0132 e. The molecular formula is C20H26. The van der Waals surface area contributed by atoms with E-state index in [9.17, 15) is 0 Å². The maximum atomic E-state index is 2.52. The minimum absolute atomic E-state index is 0.279. The monoisotopic (exact) mass is 266 g/mol. The van der Waals surface area contributed by atoms with Crippen LogP contribution in [0.4, 0.5) is 0 Å². The predicted molar refractivity (Wildman–Crippen MR) is 85.0 cm³/mol. The average molecular weight is 266 g/mol. The molecule has 0 aromatic heterocycles. The van der Waals surface area contributed by atoms with Crippen molar-refractivity contribution in [2.24, 2.45) is 11.3 Å². The first-order chi connectivity index (χ1) is 9.46. The van der Waals surface area contributed by atoms with Crippen LogP contribution in [0.1, 0.15) is 63.1 Å². The second-order valence-electron chi connectivity index (χ2n) is 8.45. The van der Waals surface area contributed by atoms with Crippen molar-refractivity contribution in [3.8, 4) is 0 Å². The summed E-state index contributed by atoms with van der Waals surface area (Å²) in [5.74, 6) is 0.966. The largest absolute Gasteiger partial charge is 0.0850 e. The Bertz CT molecular complexity index is 585. The second-order valence-corrected chi connectivity index (χ2v) is 8.45. The van der Waals surface area contributed by atoms with Crippen molar-refractivity contribution in [2.75, 3.05) is 0 Å². The molecule has 0 N–H and O–H groups in total. The van der Waals surface area contributed by atoms with Crippen LogP contribution in [0.15, 0.2) is 29.8 Å². The molecule has 1 aromatic rings. The Balaban J connectivity index is 1.66. The quantitative estimate of drug-likeness (QED) is 0.566. The molecule has 0 heterocycles. The van der Waals surface area contributed by atoms with Gasteiger partial charge in [-0.3, -0.25) is 0 Å². The lowest BCUT2D eigenvalue weighted by Gasteiger charge is -2.41. The van der Waals surface area contributed by atoms with E-state index in [0.29, 0.717) is 5.41 Å². The summed E-state index contributed by atoms with van der Waals surface area (Å²) in [6, 6.07) is 7.32.